The Bertz CT molecular complexity index is 406. The van der Waals surface area contributed by atoms with Gasteiger partial charge >= 0.3 is 6.09 Å². The molecular weight excluding hydrogens is 206 g/mol. The Hall–Kier alpha value is -1.65. The number of carbonyl (C=O) groups is 1. The molecule has 0 aliphatic carbocycles. The van der Waals surface area contributed by atoms with Crippen molar-refractivity contribution >= 4 is 11.9 Å². The first-order chi connectivity index (χ1) is 7.59. The van der Waals surface area contributed by atoms with Gasteiger partial charge in [-0.25, -0.2) is 14.8 Å². The minimum absolute atomic E-state index is 0.0572. The Labute approximate surface area is 94.5 Å². The van der Waals surface area contributed by atoms with Crippen LogP contribution in [0.2, 0.25) is 0 Å². The fourth-order valence-electron chi connectivity index (χ4n) is 1.77. The van der Waals surface area contributed by atoms with Crippen molar-refractivity contribution in [2.24, 2.45) is 5.92 Å². The molecule has 1 aliphatic heterocycles. The second-order valence-corrected chi connectivity index (χ2v) is 4.22. The molecule has 0 aromatic carbocycles. The van der Waals surface area contributed by atoms with Gasteiger partial charge < -0.3 is 4.74 Å². The van der Waals surface area contributed by atoms with Gasteiger partial charge in [-0.05, 0) is 18.9 Å². The van der Waals surface area contributed by atoms with Crippen LogP contribution >= 0.6 is 0 Å². The quantitative estimate of drug-likeness (QED) is 0.763. The number of hydrogen-bond donors (Lipinski definition) is 0. The lowest BCUT2D eigenvalue weighted by Crippen LogP contribution is -2.37. The van der Waals surface area contributed by atoms with E-state index in [0.717, 1.165) is 0 Å². The number of anilines is 1. The van der Waals surface area contributed by atoms with Crippen molar-refractivity contribution in [1.29, 1.82) is 0 Å². The molecule has 16 heavy (non-hydrogen) atoms. The van der Waals surface area contributed by atoms with Crippen LogP contribution in [0.25, 0.3) is 0 Å². The molecule has 1 aromatic heterocycles. The molecule has 0 bridgehead atoms. The second-order valence-electron chi connectivity index (χ2n) is 4.22. The number of nitrogens with zero attached hydrogens (tertiary/aromatic N) is 3. The number of aromatic nitrogens is 2. The molecule has 0 unspecified atom stereocenters. The maximum atomic E-state index is 11.6. The molecule has 0 N–H and O–H groups in total. The van der Waals surface area contributed by atoms with Crippen LogP contribution in [0, 0.1) is 12.8 Å². The number of aryl methyl sites for hydroxylation is 1. The van der Waals surface area contributed by atoms with Crippen molar-refractivity contribution in [1.82, 2.24) is 9.97 Å². The van der Waals surface area contributed by atoms with E-state index >= 15 is 0 Å². The van der Waals surface area contributed by atoms with Crippen molar-refractivity contribution in [3.63, 3.8) is 0 Å². The Morgan fingerprint density at radius 2 is 2.31 bits per heavy atom. The van der Waals surface area contributed by atoms with E-state index in [1.165, 1.54) is 0 Å². The zero-order chi connectivity index (χ0) is 11.7. The predicted octanol–water partition coefficient (Wildman–Crippen LogP) is 1.77. The number of rotatable bonds is 2. The van der Waals surface area contributed by atoms with Gasteiger partial charge in [0, 0.05) is 6.20 Å². The summed E-state index contributed by atoms with van der Waals surface area (Å²) in [6, 6.07) is 1.79. The van der Waals surface area contributed by atoms with Crippen molar-refractivity contribution in [3.05, 3.63) is 18.1 Å². The van der Waals surface area contributed by atoms with Crippen molar-refractivity contribution in [3.8, 4) is 0 Å². The molecular formula is C11H15N3O2. The highest BCUT2D eigenvalue weighted by atomic mass is 16.6. The summed E-state index contributed by atoms with van der Waals surface area (Å²) in [7, 11) is 0. The Kier molecular flexibility index (Phi) is 2.77. The molecule has 0 spiro atoms. The van der Waals surface area contributed by atoms with Crippen LogP contribution in [0.5, 0.6) is 0 Å². The first kappa shape index (κ1) is 10.9. The minimum atomic E-state index is -0.322. The number of cyclic esters (lactones) is 1. The van der Waals surface area contributed by atoms with Gasteiger partial charge in [0.15, 0.2) is 0 Å². The number of amides is 1. The molecule has 5 heteroatoms. The van der Waals surface area contributed by atoms with E-state index in [4.69, 9.17) is 4.74 Å². The Balaban J connectivity index is 2.33. The van der Waals surface area contributed by atoms with E-state index in [1.54, 1.807) is 24.1 Å². The second kappa shape index (κ2) is 4.08. The molecule has 1 amide bonds. The highest BCUT2D eigenvalue weighted by molar-refractivity contribution is 5.89. The summed E-state index contributed by atoms with van der Waals surface area (Å²) in [4.78, 5) is 21.5. The van der Waals surface area contributed by atoms with Gasteiger partial charge in [-0.15, -0.1) is 0 Å². The fraction of sp³-hybridized carbons (Fsp3) is 0.545. The smallest absolute Gasteiger partial charge is 0.415 e. The van der Waals surface area contributed by atoms with Crippen molar-refractivity contribution in [2.45, 2.75) is 26.8 Å². The molecule has 86 valence electrons. The van der Waals surface area contributed by atoms with E-state index in [0.29, 0.717) is 24.2 Å². The minimum Gasteiger partial charge on any atom is -0.447 e. The zero-order valence-corrected chi connectivity index (χ0v) is 9.67. The van der Waals surface area contributed by atoms with Gasteiger partial charge in [-0.2, -0.15) is 0 Å². The van der Waals surface area contributed by atoms with Gasteiger partial charge in [-0.3, -0.25) is 4.90 Å². The first-order valence-corrected chi connectivity index (χ1v) is 5.35. The lowest BCUT2D eigenvalue weighted by molar-refractivity contribution is 0.177. The molecule has 0 saturated carbocycles. The monoisotopic (exact) mass is 221 g/mol. The highest BCUT2D eigenvalue weighted by Gasteiger charge is 2.36. The van der Waals surface area contributed by atoms with Gasteiger partial charge in [0.2, 0.25) is 0 Å². The average molecular weight is 221 g/mol. The van der Waals surface area contributed by atoms with E-state index in [9.17, 15) is 4.79 Å². The van der Waals surface area contributed by atoms with Crippen LogP contribution in [-0.4, -0.2) is 28.7 Å². The molecule has 2 rings (SSSR count). The van der Waals surface area contributed by atoms with Crippen LogP contribution in [0.15, 0.2) is 12.3 Å². The molecule has 0 radical (unpaired) electrons. The SMILES string of the molecule is Cc1nccc(N2C(=O)OC[C@@H]2C(C)C)n1. The fourth-order valence-corrected chi connectivity index (χ4v) is 1.77. The summed E-state index contributed by atoms with van der Waals surface area (Å²) in [6.45, 7) is 6.36. The van der Waals surface area contributed by atoms with E-state index < -0.39 is 0 Å². The van der Waals surface area contributed by atoms with Crippen LogP contribution in [0.1, 0.15) is 19.7 Å². The molecule has 1 atom stereocenters. The summed E-state index contributed by atoms with van der Waals surface area (Å²) in [5.74, 6) is 1.61. The standard InChI is InChI=1S/C11H15N3O2/c1-7(2)9-6-16-11(15)14(9)10-4-5-12-8(3)13-10/h4-5,7,9H,6H2,1-3H3/t9-/m1/s1. The predicted molar refractivity (Wildman–Crippen MR) is 59.2 cm³/mol. The van der Waals surface area contributed by atoms with E-state index in [1.807, 2.05) is 0 Å². The molecule has 1 fully saturated rings. The van der Waals surface area contributed by atoms with Gasteiger partial charge in [-0.1, -0.05) is 13.8 Å². The molecule has 1 aliphatic rings. The maximum absolute atomic E-state index is 11.6. The van der Waals surface area contributed by atoms with Crippen LogP contribution in [-0.2, 0) is 4.74 Å². The number of ether oxygens (including phenoxy) is 1. The summed E-state index contributed by atoms with van der Waals surface area (Å²) < 4.78 is 5.06. The maximum Gasteiger partial charge on any atom is 0.415 e. The van der Waals surface area contributed by atoms with E-state index in [2.05, 4.69) is 23.8 Å². The topological polar surface area (TPSA) is 55.3 Å². The van der Waals surface area contributed by atoms with Crippen LogP contribution in [0.3, 0.4) is 0 Å². The third kappa shape index (κ3) is 1.85. The Morgan fingerprint density at radius 1 is 1.56 bits per heavy atom. The van der Waals surface area contributed by atoms with E-state index in [-0.39, 0.29) is 12.1 Å². The third-order valence-corrected chi connectivity index (χ3v) is 2.68. The van der Waals surface area contributed by atoms with Crippen LogP contribution in [0.4, 0.5) is 10.6 Å². The molecule has 2 heterocycles. The largest absolute Gasteiger partial charge is 0.447 e. The zero-order valence-electron chi connectivity index (χ0n) is 9.67. The summed E-state index contributed by atoms with van der Waals surface area (Å²) in [5.41, 5.74) is 0. The number of hydrogen-bond acceptors (Lipinski definition) is 4. The lowest BCUT2D eigenvalue weighted by Gasteiger charge is -2.23. The highest BCUT2D eigenvalue weighted by Crippen LogP contribution is 2.24. The molecule has 5 nitrogen and oxygen atoms in total. The van der Waals surface area contributed by atoms with Crippen molar-refractivity contribution < 1.29 is 9.53 Å². The van der Waals surface area contributed by atoms with Gasteiger partial charge in [0.05, 0.1) is 6.04 Å². The lowest BCUT2D eigenvalue weighted by atomic mass is 10.0. The van der Waals surface area contributed by atoms with Gasteiger partial charge in [0.25, 0.3) is 0 Å². The summed E-state index contributed by atoms with van der Waals surface area (Å²) in [6.07, 6.45) is 1.33. The Morgan fingerprint density at radius 3 is 2.94 bits per heavy atom. The first-order valence-electron chi connectivity index (χ1n) is 5.35. The van der Waals surface area contributed by atoms with Crippen molar-refractivity contribution in [2.75, 3.05) is 11.5 Å². The summed E-state index contributed by atoms with van der Waals surface area (Å²) >= 11 is 0. The molecule has 1 saturated heterocycles. The average Bonchev–Trinajstić information content (AvgIpc) is 2.60. The van der Waals surface area contributed by atoms with Gasteiger partial charge in [0.1, 0.15) is 18.2 Å². The molecule has 1 aromatic rings. The van der Waals surface area contributed by atoms with Crippen LogP contribution < -0.4 is 4.90 Å². The number of carbonyl (C=O) groups excluding carboxylic acids is 1. The normalized spacial score (nSPS) is 20.4. The third-order valence-electron chi connectivity index (χ3n) is 2.68. The summed E-state index contributed by atoms with van der Waals surface area (Å²) in [5, 5.41) is 0.